The summed E-state index contributed by atoms with van der Waals surface area (Å²) in [5.41, 5.74) is 1.75. The lowest BCUT2D eigenvalue weighted by Gasteiger charge is -2.11. The fourth-order valence-electron chi connectivity index (χ4n) is 2.32. The van der Waals surface area contributed by atoms with E-state index in [0.717, 1.165) is 17.0 Å². The quantitative estimate of drug-likeness (QED) is 0.467. The summed E-state index contributed by atoms with van der Waals surface area (Å²) in [5.74, 6) is 1.30. The van der Waals surface area contributed by atoms with Gasteiger partial charge in [0.1, 0.15) is 5.75 Å². The summed E-state index contributed by atoms with van der Waals surface area (Å²) in [6.45, 7) is 2.55. The van der Waals surface area contributed by atoms with E-state index in [2.05, 4.69) is 15.2 Å². The number of methoxy groups -OCH3 is 1. The van der Waals surface area contributed by atoms with Crippen molar-refractivity contribution in [2.75, 3.05) is 19.5 Å². The predicted octanol–water partition coefficient (Wildman–Crippen LogP) is 2.99. The molecule has 0 aliphatic carbocycles. The lowest BCUT2D eigenvalue weighted by atomic mass is 10.2. The smallest absolute Gasteiger partial charge is 0.316 e. The van der Waals surface area contributed by atoms with E-state index in [1.807, 2.05) is 47.9 Å². The van der Waals surface area contributed by atoms with Crippen LogP contribution in [0.3, 0.4) is 0 Å². The molecular formula is C18H18N4O3S. The summed E-state index contributed by atoms with van der Waals surface area (Å²) in [5, 5.41) is 9.16. The minimum Gasteiger partial charge on any atom is -0.494 e. The van der Waals surface area contributed by atoms with E-state index in [0.29, 0.717) is 17.6 Å². The number of hydrogen-bond donors (Lipinski definition) is 0. The van der Waals surface area contributed by atoms with Gasteiger partial charge in [-0.2, -0.15) is 0 Å². The summed E-state index contributed by atoms with van der Waals surface area (Å²) in [4.78, 5) is 15.5. The highest BCUT2D eigenvalue weighted by atomic mass is 32.2. The fourth-order valence-corrected chi connectivity index (χ4v) is 3.11. The van der Waals surface area contributed by atoms with Crippen molar-refractivity contribution in [3.05, 3.63) is 48.8 Å². The summed E-state index contributed by atoms with van der Waals surface area (Å²) in [7, 11) is 1.36. The molecular weight excluding hydrogens is 352 g/mol. The Hall–Kier alpha value is -2.87. The summed E-state index contributed by atoms with van der Waals surface area (Å²) >= 11 is 1.27. The van der Waals surface area contributed by atoms with Crippen LogP contribution >= 0.6 is 11.8 Å². The molecule has 7 nitrogen and oxygen atoms in total. The van der Waals surface area contributed by atoms with Crippen molar-refractivity contribution in [3.63, 3.8) is 0 Å². The highest BCUT2D eigenvalue weighted by Gasteiger charge is 2.17. The molecule has 0 atom stereocenters. The first-order chi connectivity index (χ1) is 12.7. The van der Waals surface area contributed by atoms with Crippen molar-refractivity contribution in [3.8, 4) is 22.8 Å². The number of thioether (sulfide) groups is 1. The Balaban J connectivity index is 2.01. The highest BCUT2D eigenvalue weighted by Crippen LogP contribution is 2.28. The molecule has 0 spiro atoms. The SMILES string of the molecule is CCOc1ccc(-n2c(SCC(=O)OC)nnc2-c2ccncc2)cc1. The first-order valence-electron chi connectivity index (χ1n) is 8.01. The number of rotatable bonds is 7. The number of aromatic nitrogens is 4. The van der Waals surface area contributed by atoms with Gasteiger partial charge >= 0.3 is 5.97 Å². The van der Waals surface area contributed by atoms with Crippen molar-refractivity contribution < 1.29 is 14.3 Å². The molecule has 0 radical (unpaired) electrons. The van der Waals surface area contributed by atoms with Gasteiger partial charge in [0, 0.05) is 23.6 Å². The number of benzene rings is 1. The average molecular weight is 370 g/mol. The molecule has 2 heterocycles. The molecule has 134 valence electrons. The molecule has 0 fully saturated rings. The van der Waals surface area contributed by atoms with Crippen LogP contribution in [0.25, 0.3) is 17.1 Å². The van der Waals surface area contributed by atoms with Gasteiger partial charge in [0.15, 0.2) is 11.0 Å². The van der Waals surface area contributed by atoms with Gasteiger partial charge in [-0.15, -0.1) is 10.2 Å². The third-order valence-corrected chi connectivity index (χ3v) is 4.43. The van der Waals surface area contributed by atoms with E-state index in [-0.39, 0.29) is 11.7 Å². The molecule has 0 saturated heterocycles. The topological polar surface area (TPSA) is 79.1 Å². The molecule has 0 saturated carbocycles. The summed E-state index contributed by atoms with van der Waals surface area (Å²) < 4.78 is 12.1. The maximum absolute atomic E-state index is 11.5. The number of carbonyl (C=O) groups is 1. The van der Waals surface area contributed by atoms with Gasteiger partial charge in [-0.25, -0.2) is 0 Å². The highest BCUT2D eigenvalue weighted by molar-refractivity contribution is 7.99. The summed E-state index contributed by atoms with van der Waals surface area (Å²) in [6, 6.07) is 11.4. The zero-order valence-corrected chi connectivity index (χ0v) is 15.3. The Bertz CT molecular complexity index is 866. The molecule has 3 rings (SSSR count). The van der Waals surface area contributed by atoms with Crippen molar-refractivity contribution in [2.45, 2.75) is 12.1 Å². The normalized spacial score (nSPS) is 10.5. The van der Waals surface area contributed by atoms with Gasteiger partial charge in [-0.05, 0) is 43.3 Å². The zero-order chi connectivity index (χ0) is 18.4. The monoisotopic (exact) mass is 370 g/mol. The molecule has 2 aromatic heterocycles. The molecule has 0 unspecified atom stereocenters. The Labute approximate surface area is 155 Å². The lowest BCUT2D eigenvalue weighted by Crippen LogP contribution is -2.05. The number of ether oxygens (including phenoxy) is 2. The van der Waals surface area contributed by atoms with E-state index >= 15 is 0 Å². The number of esters is 1. The Morgan fingerprint density at radius 1 is 1.12 bits per heavy atom. The van der Waals surface area contributed by atoms with Crippen molar-refractivity contribution in [2.24, 2.45) is 0 Å². The maximum Gasteiger partial charge on any atom is 0.316 e. The second kappa shape index (κ2) is 8.48. The first-order valence-corrected chi connectivity index (χ1v) is 9.00. The van der Waals surface area contributed by atoms with Gasteiger partial charge in [0.2, 0.25) is 0 Å². The standard InChI is InChI=1S/C18H18N4O3S/c1-3-25-15-6-4-14(5-7-15)22-17(13-8-10-19-11-9-13)20-21-18(22)26-12-16(23)24-2/h4-11H,3,12H2,1-2H3. The fraction of sp³-hybridized carbons (Fsp3) is 0.222. The molecule has 0 aliphatic heterocycles. The number of nitrogens with zero attached hydrogens (tertiary/aromatic N) is 4. The van der Waals surface area contributed by atoms with Gasteiger partial charge in [0.25, 0.3) is 0 Å². The van der Waals surface area contributed by atoms with Crippen LogP contribution in [-0.2, 0) is 9.53 Å². The van der Waals surface area contributed by atoms with Crippen LogP contribution in [-0.4, -0.2) is 45.2 Å². The van der Waals surface area contributed by atoms with E-state index in [1.165, 1.54) is 18.9 Å². The molecule has 0 aliphatic rings. The molecule has 8 heteroatoms. The van der Waals surface area contributed by atoms with E-state index in [4.69, 9.17) is 9.47 Å². The summed E-state index contributed by atoms with van der Waals surface area (Å²) in [6.07, 6.45) is 3.40. The zero-order valence-electron chi connectivity index (χ0n) is 14.5. The minimum absolute atomic E-state index is 0.155. The Kier molecular flexibility index (Phi) is 5.85. The van der Waals surface area contributed by atoms with Gasteiger partial charge in [0.05, 0.1) is 19.5 Å². The molecule has 0 amide bonds. The van der Waals surface area contributed by atoms with Crippen LogP contribution in [0.1, 0.15) is 6.92 Å². The Morgan fingerprint density at radius 2 is 1.85 bits per heavy atom. The molecule has 26 heavy (non-hydrogen) atoms. The van der Waals surface area contributed by atoms with Crippen LogP contribution in [0.15, 0.2) is 53.9 Å². The van der Waals surface area contributed by atoms with Crippen LogP contribution in [0.2, 0.25) is 0 Å². The van der Waals surface area contributed by atoms with Crippen molar-refractivity contribution >= 4 is 17.7 Å². The average Bonchev–Trinajstić information content (AvgIpc) is 3.11. The van der Waals surface area contributed by atoms with Gasteiger partial charge in [-0.1, -0.05) is 11.8 Å². The molecule has 1 aromatic carbocycles. The second-order valence-electron chi connectivity index (χ2n) is 5.17. The Morgan fingerprint density at radius 3 is 2.50 bits per heavy atom. The third-order valence-electron chi connectivity index (χ3n) is 3.52. The van der Waals surface area contributed by atoms with Crippen LogP contribution < -0.4 is 4.74 Å². The number of hydrogen-bond acceptors (Lipinski definition) is 7. The van der Waals surface area contributed by atoms with Crippen LogP contribution in [0.5, 0.6) is 5.75 Å². The van der Waals surface area contributed by atoms with Crippen molar-refractivity contribution in [1.29, 1.82) is 0 Å². The third kappa shape index (κ3) is 4.02. The van der Waals surface area contributed by atoms with Gasteiger partial charge in [-0.3, -0.25) is 14.3 Å². The van der Waals surface area contributed by atoms with E-state index in [1.54, 1.807) is 12.4 Å². The van der Waals surface area contributed by atoms with E-state index in [9.17, 15) is 4.79 Å². The van der Waals surface area contributed by atoms with Crippen molar-refractivity contribution in [1.82, 2.24) is 19.7 Å². The maximum atomic E-state index is 11.5. The van der Waals surface area contributed by atoms with Gasteiger partial charge < -0.3 is 9.47 Å². The van der Waals surface area contributed by atoms with E-state index < -0.39 is 0 Å². The number of carbonyl (C=O) groups excluding carboxylic acids is 1. The largest absolute Gasteiger partial charge is 0.494 e. The van der Waals surface area contributed by atoms with Crippen LogP contribution in [0, 0.1) is 0 Å². The second-order valence-corrected chi connectivity index (χ2v) is 6.11. The number of pyridine rings is 1. The lowest BCUT2D eigenvalue weighted by molar-refractivity contribution is -0.137. The predicted molar refractivity (Wildman–Crippen MR) is 98.5 cm³/mol. The molecule has 0 bridgehead atoms. The van der Waals surface area contributed by atoms with Crippen LogP contribution in [0.4, 0.5) is 0 Å². The molecule has 3 aromatic rings. The molecule has 0 N–H and O–H groups in total. The minimum atomic E-state index is -0.318. The first kappa shape index (κ1) is 17.9.